The average Bonchev–Trinajstić information content (AvgIpc) is 2.40. The van der Waals surface area contributed by atoms with Gasteiger partial charge in [-0.25, -0.2) is 0 Å². The number of carbonyl (C=O) groups excluding carboxylic acids is 1. The Labute approximate surface area is 120 Å². The third kappa shape index (κ3) is 3.66. The predicted octanol–water partition coefficient (Wildman–Crippen LogP) is 3.03. The maximum atomic E-state index is 11.5. The minimum atomic E-state index is -0.198. The maximum absolute atomic E-state index is 11.5. The van der Waals surface area contributed by atoms with Crippen molar-refractivity contribution >= 4 is 18.6 Å². The summed E-state index contributed by atoms with van der Waals surface area (Å²) in [6.45, 7) is 8.12. The molecule has 0 aromatic heterocycles. The van der Waals surface area contributed by atoms with Gasteiger partial charge in [0.1, 0.15) is 12.4 Å². The van der Waals surface area contributed by atoms with Crippen LogP contribution in [0.1, 0.15) is 34.2 Å². The summed E-state index contributed by atoms with van der Waals surface area (Å²) in [7, 11) is 0. The van der Waals surface area contributed by atoms with E-state index in [9.17, 15) is 9.90 Å². The van der Waals surface area contributed by atoms with Crippen molar-refractivity contribution in [2.75, 3.05) is 12.4 Å². The van der Waals surface area contributed by atoms with E-state index in [4.69, 9.17) is 4.74 Å². The van der Waals surface area contributed by atoms with Crippen molar-refractivity contribution in [2.45, 2.75) is 40.5 Å². The molecule has 0 spiro atoms. The lowest BCUT2D eigenvalue weighted by atomic mass is 9.90. The first-order valence-electron chi connectivity index (χ1n) is 6.44. The van der Waals surface area contributed by atoms with E-state index >= 15 is 0 Å². The van der Waals surface area contributed by atoms with Crippen LogP contribution in [0.15, 0.2) is 0 Å². The Bertz CT molecular complexity index is 452. The molecule has 0 aliphatic heterocycles. The van der Waals surface area contributed by atoms with E-state index in [0.717, 1.165) is 27.8 Å². The summed E-state index contributed by atoms with van der Waals surface area (Å²) in [6, 6.07) is 0. The molecule has 0 amide bonds. The minimum Gasteiger partial charge on any atom is -0.507 e. The fourth-order valence-electron chi connectivity index (χ4n) is 2.20. The normalized spacial score (nSPS) is 10.6. The molecular formula is C15H22O3S. The van der Waals surface area contributed by atoms with Gasteiger partial charge in [-0.2, -0.15) is 12.6 Å². The van der Waals surface area contributed by atoms with Crippen molar-refractivity contribution < 1.29 is 14.6 Å². The largest absolute Gasteiger partial charge is 0.507 e. The van der Waals surface area contributed by atoms with Crippen LogP contribution in [-0.4, -0.2) is 23.4 Å². The topological polar surface area (TPSA) is 46.5 Å². The molecule has 0 atom stereocenters. The first-order chi connectivity index (χ1) is 8.90. The molecule has 4 heteroatoms. The van der Waals surface area contributed by atoms with E-state index in [0.29, 0.717) is 31.0 Å². The first-order valence-corrected chi connectivity index (χ1v) is 7.08. The number of thiol groups is 1. The zero-order chi connectivity index (χ0) is 14.6. The van der Waals surface area contributed by atoms with E-state index in [2.05, 4.69) is 12.6 Å². The Hall–Kier alpha value is -1.16. The lowest BCUT2D eigenvalue weighted by Gasteiger charge is -2.17. The number of carbonyl (C=O) groups is 1. The standard InChI is InChI=1S/C15H22O3S/c1-9-11(3)15(17)12(4)10(2)13(9)5-6-14(16)18-7-8-19/h17,19H,5-8H2,1-4H3. The van der Waals surface area contributed by atoms with E-state index in [1.165, 1.54) is 0 Å². The molecular weight excluding hydrogens is 260 g/mol. The number of hydrogen-bond acceptors (Lipinski definition) is 4. The highest BCUT2D eigenvalue weighted by Gasteiger charge is 2.15. The van der Waals surface area contributed by atoms with E-state index < -0.39 is 0 Å². The van der Waals surface area contributed by atoms with E-state index in [1.807, 2.05) is 27.7 Å². The molecule has 1 rings (SSSR count). The lowest BCUT2D eigenvalue weighted by molar-refractivity contribution is -0.142. The Morgan fingerprint density at radius 1 is 1.11 bits per heavy atom. The zero-order valence-corrected chi connectivity index (χ0v) is 12.9. The van der Waals surface area contributed by atoms with Crippen LogP contribution >= 0.6 is 12.6 Å². The summed E-state index contributed by atoms with van der Waals surface area (Å²) in [6.07, 6.45) is 1.00. The van der Waals surface area contributed by atoms with Gasteiger partial charge in [0.25, 0.3) is 0 Å². The van der Waals surface area contributed by atoms with Gasteiger partial charge in [0, 0.05) is 12.2 Å². The summed E-state index contributed by atoms with van der Waals surface area (Å²) in [5.41, 5.74) is 5.03. The summed E-state index contributed by atoms with van der Waals surface area (Å²) in [5.74, 6) is 0.703. The van der Waals surface area contributed by atoms with Crippen LogP contribution in [0.25, 0.3) is 0 Å². The molecule has 0 aliphatic carbocycles. The second-order valence-electron chi connectivity index (χ2n) is 4.77. The van der Waals surface area contributed by atoms with Crippen LogP contribution in [0.3, 0.4) is 0 Å². The number of phenolic OH excluding ortho intramolecular Hbond substituents is 1. The van der Waals surface area contributed by atoms with Gasteiger partial charge in [-0.1, -0.05) is 0 Å². The van der Waals surface area contributed by atoms with Crippen LogP contribution in [0, 0.1) is 27.7 Å². The van der Waals surface area contributed by atoms with E-state index in [1.54, 1.807) is 0 Å². The van der Waals surface area contributed by atoms with Crippen molar-refractivity contribution in [2.24, 2.45) is 0 Å². The highest BCUT2D eigenvalue weighted by Crippen LogP contribution is 2.32. The summed E-state index contributed by atoms with van der Waals surface area (Å²) in [4.78, 5) is 11.5. The van der Waals surface area contributed by atoms with Crippen LogP contribution in [0.4, 0.5) is 0 Å². The van der Waals surface area contributed by atoms with Crippen LogP contribution in [0.5, 0.6) is 5.75 Å². The van der Waals surface area contributed by atoms with E-state index in [-0.39, 0.29) is 5.97 Å². The number of benzene rings is 1. The van der Waals surface area contributed by atoms with Crippen LogP contribution in [-0.2, 0) is 16.0 Å². The number of aromatic hydroxyl groups is 1. The van der Waals surface area contributed by atoms with Gasteiger partial charge >= 0.3 is 5.97 Å². The van der Waals surface area contributed by atoms with Gasteiger partial charge in [-0.05, 0) is 61.9 Å². The third-order valence-electron chi connectivity index (χ3n) is 3.67. The van der Waals surface area contributed by atoms with Gasteiger partial charge in [0.2, 0.25) is 0 Å². The Morgan fingerprint density at radius 3 is 2.11 bits per heavy atom. The molecule has 0 saturated carbocycles. The Morgan fingerprint density at radius 2 is 1.63 bits per heavy atom. The molecule has 0 heterocycles. The monoisotopic (exact) mass is 282 g/mol. The first kappa shape index (κ1) is 15.9. The van der Waals surface area contributed by atoms with Crippen molar-refractivity contribution in [3.63, 3.8) is 0 Å². The molecule has 0 saturated heterocycles. The molecule has 0 aliphatic rings. The second kappa shape index (κ2) is 6.85. The van der Waals surface area contributed by atoms with Crippen molar-refractivity contribution in [1.82, 2.24) is 0 Å². The molecule has 1 aromatic rings. The third-order valence-corrected chi connectivity index (χ3v) is 3.86. The highest BCUT2D eigenvalue weighted by atomic mass is 32.1. The quantitative estimate of drug-likeness (QED) is 0.644. The maximum Gasteiger partial charge on any atom is 0.306 e. The lowest BCUT2D eigenvalue weighted by Crippen LogP contribution is -2.09. The molecule has 0 unspecified atom stereocenters. The number of ether oxygens (including phenoxy) is 1. The SMILES string of the molecule is Cc1c(C)c(CCC(=O)OCCS)c(C)c(C)c1O. The Balaban J connectivity index is 2.87. The number of hydrogen-bond donors (Lipinski definition) is 2. The van der Waals surface area contributed by atoms with Crippen LogP contribution in [0.2, 0.25) is 0 Å². The molecule has 3 nitrogen and oxygen atoms in total. The summed E-state index contributed by atoms with van der Waals surface area (Å²) >= 11 is 4.00. The average molecular weight is 282 g/mol. The van der Waals surface area contributed by atoms with Crippen LogP contribution < -0.4 is 0 Å². The zero-order valence-electron chi connectivity index (χ0n) is 12.0. The van der Waals surface area contributed by atoms with Gasteiger partial charge in [-0.3, -0.25) is 4.79 Å². The predicted molar refractivity (Wildman–Crippen MR) is 80.2 cm³/mol. The number of rotatable bonds is 5. The number of esters is 1. The molecule has 1 N–H and O–H groups in total. The summed E-state index contributed by atoms with van der Waals surface area (Å²) < 4.78 is 5.01. The number of phenols is 1. The molecule has 0 fully saturated rings. The highest BCUT2D eigenvalue weighted by molar-refractivity contribution is 7.80. The molecule has 19 heavy (non-hydrogen) atoms. The fourth-order valence-corrected chi connectivity index (χ4v) is 2.30. The minimum absolute atomic E-state index is 0.198. The fraction of sp³-hybridized carbons (Fsp3) is 0.533. The van der Waals surface area contributed by atoms with Gasteiger partial charge in [-0.15, -0.1) is 0 Å². The van der Waals surface area contributed by atoms with Gasteiger partial charge in [0.15, 0.2) is 0 Å². The Kier molecular flexibility index (Phi) is 5.73. The summed E-state index contributed by atoms with van der Waals surface area (Å²) in [5, 5.41) is 9.99. The smallest absolute Gasteiger partial charge is 0.306 e. The second-order valence-corrected chi connectivity index (χ2v) is 5.22. The molecule has 0 radical (unpaired) electrons. The molecule has 106 valence electrons. The van der Waals surface area contributed by atoms with Crippen molar-refractivity contribution in [3.05, 3.63) is 27.8 Å². The molecule has 1 aromatic carbocycles. The van der Waals surface area contributed by atoms with Gasteiger partial charge < -0.3 is 9.84 Å². The van der Waals surface area contributed by atoms with Crippen molar-refractivity contribution in [3.8, 4) is 5.75 Å². The van der Waals surface area contributed by atoms with Crippen molar-refractivity contribution in [1.29, 1.82) is 0 Å². The molecule has 0 bridgehead atoms. The van der Waals surface area contributed by atoms with Gasteiger partial charge in [0.05, 0.1) is 0 Å².